The van der Waals surface area contributed by atoms with Crippen molar-refractivity contribution in [3.8, 4) is 0 Å². The molecule has 0 atom stereocenters. The van der Waals surface area contributed by atoms with E-state index >= 15 is 0 Å². The first-order valence-electron chi connectivity index (χ1n) is 7.58. The van der Waals surface area contributed by atoms with Gasteiger partial charge in [-0.05, 0) is 42.0 Å². The molecule has 2 N–H and O–H groups in total. The maximum Gasteiger partial charge on any atom is 0.257 e. The number of anilines is 2. The molecule has 3 rings (SSSR count). The lowest BCUT2D eigenvalue weighted by Gasteiger charge is -2.08. The Morgan fingerprint density at radius 1 is 0.962 bits per heavy atom. The van der Waals surface area contributed by atoms with Crippen LogP contribution in [0, 0.1) is 17.5 Å². The van der Waals surface area contributed by atoms with Crippen molar-refractivity contribution in [3.05, 3.63) is 83.6 Å². The zero-order valence-corrected chi connectivity index (χ0v) is 13.3. The standard InChI is InChI=1S/C18H13F3N4O/c19-13-2-3-14(17(21)16(13)20)25-18(26)12-1-4-15(24-10-12)23-9-11-5-7-22-8-6-11/h1-8,10H,9H2,(H,23,24)(H,25,26). The maximum atomic E-state index is 13.6. The van der Waals surface area contributed by atoms with Gasteiger partial charge in [0, 0.05) is 25.1 Å². The Hall–Kier alpha value is -3.42. The summed E-state index contributed by atoms with van der Waals surface area (Å²) in [4.78, 5) is 20.1. The summed E-state index contributed by atoms with van der Waals surface area (Å²) in [5.74, 6) is -4.58. The van der Waals surface area contributed by atoms with E-state index in [0.717, 1.165) is 17.7 Å². The van der Waals surface area contributed by atoms with Crippen molar-refractivity contribution in [2.24, 2.45) is 0 Å². The summed E-state index contributed by atoms with van der Waals surface area (Å²) < 4.78 is 39.7. The second kappa shape index (κ2) is 7.64. The highest BCUT2D eigenvalue weighted by molar-refractivity contribution is 6.04. The van der Waals surface area contributed by atoms with Crippen molar-refractivity contribution in [2.75, 3.05) is 10.6 Å². The molecule has 1 amide bonds. The first kappa shape index (κ1) is 17.4. The number of benzene rings is 1. The van der Waals surface area contributed by atoms with E-state index < -0.39 is 29.0 Å². The van der Waals surface area contributed by atoms with Crippen LogP contribution in [-0.2, 0) is 6.54 Å². The van der Waals surface area contributed by atoms with E-state index in [1.54, 1.807) is 18.5 Å². The third-order valence-electron chi connectivity index (χ3n) is 3.53. The number of aromatic nitrogens is 2. The molecule has 0 radical (unpaired) electrons. The van der Waals surface area contributed by atoms with Gasteiger partial charge in [-0.3, -0.25) is 9.78 Å². The van der Waals surface area contributed by atoms with Crippen LogP contribution in [0.4, 0.5) is 24.7 Å². The molecule has 132 valence electrons. The van der Waals surface area contributed by atoms with Gasteiger partial charge in [-0.2, -0.15) is 0 Å². The highest BCUT2D eigenvalue weighted by atomic mass is 19.2. The Kier molecular flexibility index (Phi) is 5.12. The predicted molar refractivity (Wildman–Crippen MR) is 90.1 cm³/mol. The second-order valence-electron chi connectivity index (χ2n) is 5.32. The summed E-state index contributed by atoms with van der Waals surface area (Å²) in [5, 5.41) is 5.26. The van der Waals surface area contributed by atoms with Gasteiger partial charge in [0.05, 0.1) is 11.3 Å². The minimum atomic E-state index is -1.64. The number of pyridine rings is 2. The number of halogens is 3. The van der Waals surface area contributed by atoms with Gasteiger partial charge in [0.2, 0.25) is 0 Å². The average molecular weight is 358 g/mol. The second-order valence-corrected chi connectivity index (χ2v) is 5.32. The van der Waals surface area contributed by atoms with E-state index in [4.69, 9.17) is 0 Å². The molecule has 1 aromatic carbocycles. The molecule has 2 heterocycles. The van der Waals surface area contributed by atoms with Gasteiger partial charge in [-0.25, -0.2) is 18.2 Å². The molecule has 0 saturated carbocycles. The normalized spacial score (nSPS) is 10.4. The Bertz CT molecular complexity index is 918. The topological polar surface area (TPSA) is 66.9 Å². The molecule has 0 fully saturated rings. The summed E-state index contributed by atoms with van der Waals surface area (Å²) in [7, 11) is 0. The number of hydrogen-bond donors (Lipinski definition) is 2. The van der Waals surface area contributed by atoms with Gasteiger partial charge in [-0.1, -0.05) is 0 Å². The van der Waals surface area contributed by atoms with E-state index in [9.17, 15) is 18.0 Å². The fourth-order valence-corrected chi connectivity index (χ4v) is 2.14. The van der Waals surface area contributed by atoms with Crippen LogP contribution in [0.25, 0.3) is 0 Å². The van der Waals surface area contributed by atoms with Crippen molar-refractivity contribution < 1.29 is 18.0 Å². The molecule has 2 aromatic heterocycles. The van der Waals surface area contributed by atoms with Gasteiger partial charge >= 0.3 is 0 Å². The zero-order valence-electron chi connectivity index (χ0n) is 13.3. The van der Waals surface area contributed by atoms with Gasteiger partial charge in [0.15, 0.2) is 17.5 Å². The number of carbonyl (C=O) groups is 1. The minimum Gasteiger partial charge on any atom is -0.366 e. The number of nitrogens with one attached hydrogen (secondary N) is 2. The lowest BCUT2D eigenvalue weighted by Crippen LogP contribution is -2.14. The van der Waals surface area contributed by atoms with Crippen LogP contribution in [0.15, 0.2) is 55.0 Å². The Labute approximate surface area is 146 Å². The van der Waals surface area contributed by atoms with E-state index in [2.05, 4.69) is 20.6 Å². The van der Waals surface area contributed by atoms with E-state index in [-0.39, 0.29) is 5.56 Å². The number of nitrogens with zero attached hydrogens (tertiary/aromatic N) is 2. The summed E-state index contributed by atoms with van der Waals surface area (Å²) in [5.41, 5.74) is 0.704. The van der Waals surface area contributed by atoms with Gasteiger partial charge in [0.1, 0.15) is 5.82 Å². The minimum absolute atomic E-state index is 0.142. The number of carbonyl (C=O) groups excluding carboxylic acids is 1. The van der Waals surface area contributed by atoms with E-state index in [1.165, 1.54) is 12.3 Å². The Morgan fingerprint density at radius 2 is 1.73 bits per heavy atom. The molecule has 26 heavy (non-hydrogen) atoms. The maximum absolute atomic E-state index is 13.6. The van der Waals surface area contributed by atoms with Crippen molar-refractivity contribution in [1.29, 1.82) is 0 Å². The van der Waals surface area contributed by atoms with Crippen molar-refractivity contribution >= 4 is 17.4 Å². The SMILES string of the molecule is O=C(Nc1ccc(F)c(F)c1F)c1ccc(NCc2ccncc2)nc1. The number of rotatable bonds is 5. The van der Waals surface area contributed by atoms with Crippen molar-refractivity contribution in [2.45, 2.75) is 6.54 Å². The molecule has 0 spiro atoms. The molecule has 0 aliphatic rings. The van der Waals surface area contributed by atoms with Gasteiger partial charge in [-0.15, -0.1) is 0 Å². The molecule has 0 aliphatic carbocycles. The Morgan fingerprint density at radius 3 is 2.42 bits per heavy atom. The fourth-order valence-electron chi connectivity index (χ4n) is 2.14. The van der Waals surface area contributed by atoms with Crippen LogP contribution in [0.5, 0.6) is 0 Å². The van der Waals surface area contributed by atoms with Gasteiger partial charge in [0.25, 0.3) is 5.91 Å². The van der Waals surface area contributed by atoms with Crippen LogP contribution in [0.2, 0.25) is 0 Å². The van der Waals surface area contributed by atoms with Crippen LogP contribution < -0.4 is 10.6 Å². The van der Waals surface area contributed by atoms with Crippen LogP contribution in [0.3, 0.4) is 0 Å². The highest BCUT2D eigenvalue weighted by Gasteiger charge is 2.16. The monoisotopic (exact) mass is 358 g/mol. The first-order chi connectivity index (χ1) is 12.5. The van der Waals surface area contributed by atoms with E-state index in [0.29, 0.717) is 12.4 Å². The summed E-state index contributed by atoms with van der Waals surface area (Å²) in [6.45, 7) is 0.529. The number of hydrogen-bond acceptors (Lipinski definition) is 4. The first-order valence-corrected chi connectivity index (χ1v) is 7.58. The molecule has 0 saturated heterocycles. The largest absolute Gasteiger partial charge is 0.366 e. The highest BCUT2D eigenvalue weighted by Crippen LogP contribution is 2.20. The zero-order chi connectivity index (χ0) is 18.5. The third-order valence-corrected chi connectivity index (χ3v) is 3.53. The molecule has 5 nitrogen and oxygen atoms in total. The Balaban J connectivity index is 1.64. The third kappa shape index (κ3) is 3.97. The molecule has 0 bridgehead atoms. The van der Waals surface area contributed by atoms with Gasteiger partial charge < -0.3 is 10.6 Å². The average Bonchev–Trinajstić information content (AvgIpc) is 2.68. The lowest BCUT2D eigenvalue weighted by molar-refractivity contribution is 0.102. The summed E-state index contributed by atoms with van der Waals surface area (Å²) in [6, 6.07) is 8.45. The smallest absolute Gasteiger partial charge is 0.257 e. The fraction of sp³-hybridized carbons (Fsp3) is 0.0556. The molecule has 0 aliphatic heterocycles. The number of amides is 1. The molecule has 8 heteroatoms. The van der Waals surface area contributed by atoms with E-state index in [1.807, 2.05) is 12.1 Å². The van der Waals surface area contributed by atoms with Crippen LogP contribution in [-0.4, -0.2) is 15.9 Å². The lowest BCUT2D eigenvalue weighted by atomic mass is 10.2. The van der Waals surface area contributed by atoms with Crippen LogP contribution in [0.1, 0.15) is 15.9 Å². The van der Waals surface area contributed by atoms with Crippen molar-refractivity contribution in [3.63, 3.8) is 0 Å². The van der Waals surface area contributed by atoms with Crippen molar-refractivity contribution in [1.82, 2.24) is 9.97 Å². The quantitative estimate of drug-likeness (QED) is 0.682. The molecular weight excluding hydrogens is 345 g/mol. The van der Waals surface area contributed by atoms with Crippen LogP contribution >= 0.6 is 0 Å². The molecular formula is C18H13F3N4O. The summed E-state index contributed by atoms with van der Waals surface area (Å²) in [6.07, 6.45) is 4.65. The predicted octanol–water partition coefficient (Wildman–Crippen LogP) is 3.76. The molecule has 3 aromatic rings. The molecule has 0 unspecified atom stereocenters. The summed E-state index contributed by atoms with van der Waals surface area (Å²) >= 11 is 0.